The first-order valence-electron chi connectivity index (χ1n) is 7.61. The SMILES string of the molecule is Cc1ccsc1C1CC1C(=O)N1CCC(CC(=O)O)CC1. The normalized spacial score (nSPS) is 25.9. The van der Waals surface area contributed by atoms with Crippen LogP contribution in [0, 0.1) is 18.8 Å². The zero-order valence-electron chi connectivity index (χ0n) is 12.2. The van der Waals surface area contributed by atoms with Crippen LogP contribution in [0.4, 0.5) is 0 Å². The predicted octanol–water partition coefficient (Wildman–Crippen LogP) is 2.87. The highest BCUT2D eigenvalue weighted by Crippen LogP contribution is 2.51. The standard InChI is InChI=1S/C16H21NO3S/c1-10-4-7-21-15(10)12-9-13(12)16(20)17-5-2-11(3-6-17)8-14(18)19/h4,7,11-13H,2-3,5-6,8-9H2,1H3,(H,18,19). The minimum atomic E-state index is -0.727. The molecule has 2 unspecified atom stereocenters. The molecule has 5 heteroatoms. The number of aliphatic carboxylic acids is 1. The van der Waals surface area contributed by atoms with Crippen molar-refractivity contribution in [3.8, 4) is 0 Å². The Bertz CT molecular complexity index is 545. The van der Waals surface area contributed by atoms with Gasteiger partial charge in [0.25, 0.3) is 0 Å². The number of likely N-dealkylation sites (tertiary alicyclic amines) is 1. The number of carboxylic acids is 1. The van der Waals surface area contributed by atoms with Crippen LogP contribution in [-0.4, -0.2) is 35.0 Å². The Balaban J connectivity index is 1.52. The van der Waals surface area contributed by atoms with Crippen LogP contribution in [0.3, 0.4) is 0 Å². The molecule has 0 spiro atoms. The smallest absolute Gasteiger partial charge is 0.303 e. The van der Waals surface area contributed by atoms with Gasteiger partial charge in [0.15, 0.2) is 0 Å². The second-order valence-corrected chi connectivity index (χ2v) is 7.23. The van der Waals surface area contributed by atoms with Crippen molar-refractivity contribution in [3.63, 3.8) is 0 Å². The number of hydrogen-bond acceptors (Lipinski definition) is 3. The van der Waals surface area contributed by atoms with Gasteiger partial charge in [0, 0.05) is 36.2 Å². The first-order valence-corrected chi connectivity index (χ1v) is 8.48. The Morgan fingerprint density at radius 1 is 1.38 bits per heavy atom. The fourth-order valence-electron chi connectivity index (χ4n) is 3.36. The van der Waals surface area contributed by atoms with E-state index in [1.165, 1.54) is 10.4 Å². The van der Waals surface area contributed by atoms with E-state index in [1.54, 1.807) is 11.3 Å². The maximum absolute atomic E-state index is 12.5. The van der Waals surface area contributed by atoms with E-state index in [0.717, 1.165) is 32.4 Å². The van der Waals surface area contributed by atoms with Crippen LogP contribution >= 0.6 is 11.3 Å². The van der Waals surface area contributed by atoms with Crippen molar-refractivity contribution in [2.45, 2.75) is 38.5 Å². The highest BCUT2D eigenvalue weighted by atomic mass is 32.1. The van der Waals surface area contributed by atoms with Gasteiger partial charge in [-0.2, -0.15) is 0 Å². The molecule has 1 aliphatic heterocycles. The number of piperidine rings is 1. The van der Waals surface area contributed by atoms with E-state index in [1.807, 2.05) is 4.90 Å². The number of aryl methyl sites for hydroxylation is 1. The highest BCUT2D eigenvalue weighted by Gasteiger charge is 2.47. The maximum atomic E-state index is 12.5. The summed E-state index contributed by atoms with van der Waals surface area (Å²) in [4.78, 5) is 26.6. The summed E-state index contributed by atoms with van der Waals surface area (Å²) in [6, 6.07) is 2.12. The van der Waals surface area contributed by atoms with E-state index in [2.05, 4.69) is 18.4 Å². The van der Waals surface area contributed by atoms with Crippen LogP contribution in [0.5, 0.6) is 0 Å². The van der Waals surface area contributed by atoms with E-state index < -0.39 is 5.97 Å². The van der Waals surface area contributed by atoms with Gasteiger partial charge in [0.05, 0.1) is 0 Å². The van der Waals surface area contributed by atoms with Gasteiger partial charge in [0.1, 0.15) is 0 Å². The number of rotatable bonds is 4. The number of carboxylic acid groups (broad SMARTS) is 1. The Hall–Kier alpha value is -1.36. The largest absolute Gasteiger partial charge is 0.481 e. The van der Waals surface area contributed by atoms with Crippen molar-refractivity contribution in [1.29, 1.82) is 0 Å². The van der Waals surface area contributed by atoms with Crippen molar-refractivity contribution in [2.75, 3.05) is 13.1 Å². The van der Waals surface area contributed by atoms with Crippen LogP contribution in [0.25, 0.3) is 0 Å². The van der Waals surface area contributed by atoms with Gasteiger partial charge in [-0.25, -0.2) is 0 Å². The van der Waals surface area contributed by atoms with Gasteiger partial charge >= 0.3 is 5.97 Å². The molecule has 2 heterocycles. The van der Waals surface area contributed by atoms with Gasteiger partial charge in [0.2, 0.25) is 5.91 Å². The van der Waals surface area contributed by atoms with Gasteiger partial charge in [-0.3, -0.25) is 9.59 Å². The number of carbonyl (C=O) groups is 2. The van der Waals surface area contributed by atoms with Crippen LogP contribution in [0.1, 0.15) is 42.0 Å². The maximum Gasteiger partial charge on any atom is 0.303 e. The third-order valence-corrected chi connectivity index (χ3v) is 5.89. The lowest BCUT2D eigenvalue weighted by Crippen LogP contribution is -2.39. The highest BCUT2D eigenvalue weighted by molar-refractivity contribution is 7.10. The summed E-state index contributed by atoms with van der Waals surface area (Å²) in [6.07, 6.45) is 2.87. The average molecular weight is 307 g/mol. The number of nitrogens with zero attached hydrogens (tertiary/aromatic N) is 1. The first-order chi connectivity index (χ1) is 10.1. The Morgan fingerprint density at radius 3 is 2.67 bits per heavy atom. The number of amides is 1. The van der Waals surface area contributed by atoms with Crippen molar-refractivity contribution < 1.29 is 14.7 Å². The molecule has 1 aliphatic carbocycles. The summed E-state index contributed by atoms with van der Waals surface area (Å²) in [5, 5.41) is 10.9. The Labute approximate surface area is 128 Å². The number of carbonyl (C=O) groups excluding carboxylic acids is 1. The Kier molecular flexibility index (Phi) is 4.02. The van der Waals surface area contributed by atoms with E-state index in [-0.39, 0.29) is 24.2 Å². The molecule has 2 fully saturated rings. The quantitative estimate of drug-likeness (QED) is 0.930. The van der Waals surface area contributed by atoms with Gasteiger partial charge in [-0.15, -0.1) is 11.3 Å². The molecule has 0 aromatic carbocycles. The fourth-order valence-corrected chi connectivity index (χ4v) is 4.47. The van der Waals surface area contributed by atoms with Crippen LogP contribution in [0.15, 0.2) is 11.4 Å². The van der Waals surface area contributed by atoms with Crippen LogP contribution in [-0.2, 0) is 9.59 Å². The van der Waals surface area contributed by atoms with Crippen molar-refractivity contribution in [1.82, 2.24) is 4.90 Å². The zero-order chi connectivity index (χ0) is 15.0. The fraction of sp³-hybridized carbons (Fsp3) is 0.625. The minimum absolute atomic E-state index is 0.165. The van der Waals surface area contributed by atoms with Crippen LogP contribution in [0.2, 0.25) is 0 Å². The summed E-state index contributed by atoms with van der Waals surface area (Å²) < 4.78 is 0. The summed E-state index contributed by atoms with van der Waals surface area (Å²) in [5.74, 6) is 0.380. The molecule has 1 saturated carbocycles. The van der Waals surface area contributed by atoms with Crippen molar-refractivity contribution in [3.05, 3.63) is 21.9 Å². The second kappa shape index (κ2) is 5.79. The lowest BCUT2D eigenvalue weighted by Gasteiger charge is -2.31. The van der Waals surface area contributed by atoms with Crippen LogP contribution < -0.4 is 0 Å². The van der Waals surface area contributed by atoms with Gasteiger partial charge in [-0.05, 0) is 49.1 Å². The summed E-state index contributed by atoms with van der Waals surface area (Å²) in [5.41, 5.74) is 1.31. The van der Waals surface area contributed by atoms with Crippen molar-refractivity contribution in [2.24, 2.45) is 11.8 Å². The average Bonchev–Trinajstić information content (AvgIpc) is 3.13. The second-order valence-electron chi connectivity index (χ2n) is 6.28. The summed E-state index contributed by atoms with van der Waals surface area (Å²) in [7, 11) is 0. The van der Waals surface area contributed by atoms with Crippen molar-refractivity contribution >= 4 is 23.2 Å². The van der Waals surface area contributed by atoms with Gasteiger partial charge < -0.3 is 10.0 Å². The molecule has 1 saturated heterocycles. The molecule has 2 aliphatic rings. The monoisotopic (exact) mass is 307 g/mol. The molecular formula is C16H21NO3S. The Morgan fingerprint density at radius 2 is 2.10 bits per heavy atom. The number of thiophene rings is 1. The molecule has 4 nitrogen and oxygen atoms in total. The molecule has 0 radical (unpaired) electrons. The van der Waals surface area contributed by atoms with E-state index in [4.69, 9.17) is 5.11 Å². The number of hydrogen-bond donors (Lipinski definition) is 1. The summed E-state index contributed by atoms with van der Waals surface area (Å²) in [6.45, 7) is 3.57. The molecule has 1 N–H and O–H groups in total. The molecule has 3 rings (SSSR count). The van der Waals surface area contributed by atoms with E-state index >= 15 is 0 Å². The lowest BCUT2D eigenvalue weighted by molar-refractivity contribution is -0.138. The predicted molar refractivity (Wildman–Crippen MR) is 81.5 cm³/mol. The molecular weight excluding hydrogens is 286 g/mol. The lowest BCUT2D eigenvalue weighted by atomic mass is 9.93. The molecule has 1 aromatic rings. The van der Waals surface area contributed by atoms with Gasteiger partial charge in [-0.1, -0.05) is 0 Å². The molecule has 21 heavy (non-hydrogen) atoms. The minimum Gasteiger partial charge on any atom is -0.481 e. The molecule has 2 atom stereocenters. The third-order valence-electron chi connectivity index (χ3n) is 4.74. The third kappa shape index (κ3) is 3.12. The molecule has 0 bridgehead atoms. The van der Waals surface area contributed by atoms with E-state index in [0.29, 0.717) is 5.92 Å². The van der Waals surface area contributed by atoms with E-state index in [9.17, 15) is 9.59 Å². The molecule has 1 amide bonds. The summed E-state index contributed by atoms with van der Waals surface area (Å²) >= 11 is 1.76. The molecule has 1 aromatic heterocycles. The first kappa shape index (κ1) is 14.6. The molecule has 114 valence electrons. The zero-order valence-corrected chi connectivity index (χ0v) is 13.1. The topological polar surface area (TPSA) is 57.6 Å².